The summed E-state index contributed by atoms with van der Waals surface area (Å²) in [5, 5.41) is 10.1. The smallest absolute Gasteiger partial charge is 0.165 e. The second kappa shape index (κ2) is 4.59. The van der Waals surface area contributed by atoms with Crippen LogP contribution in [0.5, 0.6) is 0 Å². The van der Waals surface area contributed by atoms with E-state index < -0.39 is 5.60 Å². The molecule has 5 aliphatic rings. The highest BCUT2D eigenvalue weighted by atomic mass is 16.6. The number of aliphatic hydroxyl groups is 1. The number of fused-ring (bicyclic) bond motifs is 7. The van der Waals surface area contributed by atoms with Crippen LogP contribution in [0.4, 0.5) is 0 Å². The number of Topliss-reactive ketones (excluding diaryl/α,β-unsaturated/α-hetero) is 1. The van der Waals surface area contributed by atoms with Gasteiger partial charge in [-0.15, -0.1) is 0 Å². The summed E-state index contributed by atoms with van der Waals surface area (Å²) >= 11 is 0. The van der Waals surface area contributed by atoms with Crippen molar-refractivity contribution in [1.82, 2.24) is 0 Å². The van der Waals surface area contributed by atoms with Crippen molar-refractivity contribution in [2.45, 2.75) is 89.9 Å². The Morgan fingerprint density at radius 3 is 2.68 bits per heavy atom. The molecule has 1 saturated heterocycles. The van der Waals surface area contributed by atoms with E-state index >= 15 is 0 Å². The molecule has 138 valence electrons. The third kappa shape index (κ3) is 1.69. The van der Waals surface area contributed by atoms with Gasteiger partial charge in [-0.05, 0) is 82.0 Å². The van der Waals surface area contributed by atoms with Crippen LogP contribution in [0.25, 0.3) is 0 Å². The molecule has 0 amide bonds. The van der Waals surface area contributed by atoms with Crippen LogP contribution in [0.2, 0.25) is 0 Å². The molecule has 4 aliphatic carbocycles. The molecule has 0 aromatic heterocycles. The summed E-state index contributed by atoms with van der Waals surface area (Å²) in [5.41, 5.74) is 1.05. The lowest BCUT2D eigenvalue weighted by molar-refractivity contribution is -0.135. The quantitative estimate of drug-likeness (QED) is 0.577. The Balaban J connectivity index is 1.53. The van der Waals surface area contributed by atoms with Gasteiger partial charge in [-0.2, -0.15) is 0 Å². The highest BCUT2D eigenvalue weighted by molar-refractivity contribution is 5.91. The van der Waals surface area contributed by atoms with E-state index in [1.54, 1.807) is 6.92 Å². The lowest BCUT2D eigenvalue weighted by Gasteiger charge is -2.58. The van der Waals surface area contributed by atoms with Crippen LogP contribution in [0.3, 0.4) is 0 Å². The molecule has 1 aliphatic heterocycles. The SMILES string of the molecule is CC(=O)[C@@]12O[C@]1(C)C[C@H]1[C@H]3CC=C4C[C@@H](O)CC[C@]4(C)[C@H]3CC[C@@]12C. The number of carbonyl (C=O) groups is 1. The van der Waals surface area contributed by atoms with Crippen molar-refractivity contribution in [2.24, 2.45) is 28.6 Å². The largest absolute Gasteiger partial charge is 0.393 e. The predicted molar refractivity (Wildman–Crippen MR) is 96.0 cm³/mol. The summed E-state index contributed by atoms with van der Waals surface area (Å²) in [6.45, 7) is 8.72. The van der Waals surface area contributed by atoms with E-state index in [0.29, 0.717) is 17.8 Å². The van der Waals surface area contributed by atoms with Gasteiger partial charge in [-0.25, -0.2) is 0 Å². The zero-order chi connectivity index (χ0) is 17.8. The first-order chi connectivity index (χ1) is 11.7. The van der Waals surface area contributed by atoms with Crippen molar-refractivity contribution in [3.8, 4) is 0 Å². The topological polar surface area (TPSA) is 49.8 Å². The van der Waals surface area contributed by atoms with Crippen LogP contribution < -0.4 is 0 Å². The summed E-state index contributed by atoms with van der Waals surface area (Å²) in [7, 11) is 0. The molecule has 0 unspecified atom stereocenters. The van der Waals surface area contributed by atoms with Crippen LogP contribution in [-0.4, -0.2) is 28.2 Å². The van der Waals surface area contributed by atoms with Gasteiger partial charge in [0.05, 0.1) is 6.10 Å². The summed E-state index contributed by atoms with van der Waals surface area (Å²) < 4.78 is 6.19. The monoisotopic (exact) mass is 344 g/mol. The molecule has 3 nitrogen and oxygen atoms in total. The normalized spacial score (nSPS) is 59.2. The van der Waals surface area contributed by atoms with Crippen molar-refractivity contribution in [2.75, 3.05) is 0 Å². The predicted octanol–water partition coefficient (Wildman–Crippen LogP) is 4.04. The number of carbonyl (C=O) groups excluding carboxylic acids is 1. The van der Waals surface area contributed by atoms with Crippen LogP contribution in [0, 0.1) is 28.6 Å². The molecule has 8 atom stereocenters. The fourth-order valence-corrected chi connectivity index (χ4v) is 8.26. The highest BCUT2D eigenvalue weighted by Crippen LogP contribution is 2.77. The van der Waals surface area contributed by atoms with Gasteiger partial charge in [-0.1, -0.05) is 25.5 Å². The summed E-state index contributed by atoms with van der Waals surface area (Å²) in [4.78, 5) is 12.6. The molecular formula is C22H32O3. The molecule has 4 fully saturated rings. The Kier molecular flexibility index (Phi) is 3.03. The second-order valence-corrected chi connectivity index (χ2v) is 10.4. The molecule has 0 aromatic rings. The van der Waals surface area contributed by atoms with Crippen LogP contribution in [0.15, 0.2) is 11.6 Å². The fraction of sp³-hybridized carbons (Fsp3) is 0.864. The Morgan fingerprint density at radius 2 is 1.96 bits per heavy atom. The maximum absolute atomic E-state index is 12.6. The van der Waals surface area contributed by atoms with Gasteiger partial charge in [-0.3, -0.25) is 4.79 Å². The van der Waals surface area contributed by atoms with E-state index in [1.165, 1.54) is 12.0 Å². The van der Waals surface area contributed by atoms with Gasteiger partial charge >= 0.3 is 0 Å². The average molecular weight is 344 g/mol. The lowest BCUT2D eigenvalue weighted by Crippen LogP contribution is -2.54. The Bertz CT molecular complexity index is 683. The molecule has 3 saturated carbocycles. The molecular weight excluding hydrogens is 312 g/mol. The zero-order valence-electron chi connectivity index (χ0n) is 16.1. The molecule has 1 N–H and O–H groups in total. The number of ether oxygens (including phenoxy) is 1. The third-order valence-corrected chi connectivity index (χ3v) is 9.46. The maximum Gasteiger partial charge on any atom is 0.165 e. The van der Waals surface area contributed by atoms with E-state index in [-0.39, 0.29) is 28.3 Å². The van der Waals surface area contributed by atoms with Crippen LogP contribution >= 0.6 is 0 Å². The molecule has 1 heterocycles. The first-order valence-electron chi connectivity index (χ1n) is 10.3. The molecule has 0 radical (unpaired) electrons. The van der Waals surface area contributed by atoms with Gasteiger partial charge in [0, 0.05) is 5.41 Å². The van der Waals surface area contributed by atoms with Crippen molar-refractivity contribution in [1.29, 1.82) is 0 Å². The van der Waals surface area contributed by atoms with Gasteiger partial charge in [0.2, 0.25) is 0 Å². The summed E-state index contributed by atoms with van der Waals surface area (Å²) in [5.74, 6) is 2.23. The first kappa shape index (κ1) is 16.5. The Labute approximate surface area is 151 Å². The number of allylic oxidation sites excluding steroid dienone is 1. The minimum Gasteiger partial charge on any atom is -0.393 e. The van der Waals surface area contributed by atoms with Gasteiger partial charge in [0.15, 0.2) is 11.4 Å². The van der Waals surface area contributed by atoms with Crippen molar-refractivity contribution in [3.05, 3.63) is 11.6 Å². The Hall–Kier alpha value is -0.670. The molecule has 3 heteroatoms. The lowest BCUT2D eigenvalue weighted by atomic mass is 9.47. The van der Waals surface area contributed by atoms with Gasteiger partial charge < -0.3 is 9.84 Å². The number of epoxide rings is 1. The standard InChI is InChI=1S/C22H32O3/c1-13(23)22-20(3)10-8-17-16(18(20)12-21(22,4)25-22)6-5-14-11-15(24)7-9-19(14,17)2/h5,15-18,24H,6-12H2,1-4H3/t15-,16-,17-,18-,19-,20-,21+,22-/m0/s1. The van der Waals surface area contributed by atoms with E-state index in [1.807, 2.05) is 0 Å². The minimum absolute atomic E-state index is 0.00460. The van der Waals surface area contributed by atoms with E-state index in [4.69, 9.17) is 4.74 Å². The van der Waals surface area contributed by atoms with E-state index in [2.05, 4.69) is 26.8 Å². The molecule has 0 bridgehead atoms. The van der Waals surface area contributed by atoms with E-state index in [0.717, 1.165) is 38.5 Å². The van der Waals surface area contributed by atoms with Crippen molar-refractivity contribution < 1.29 is 14.6 Å². The second-order valence-electron chi connectivity index (χ2n) is 10.4. The van der Waals surface area contributed by atoms with E-state index in [9.17, 15) is 9.90 Å². The molecule has 25 heavy (non-hydrogen) atoms. The number of hydrogen-bond donors (Lipinski definition) is 1. The van der Waals surface area contributed by atoms with Crippen molar-refractivity contribution >= 4 is 5.78 Å². The summed E-state index contributed by atoms with van der Waals surface area (Å²) in [6.07, 6.45) is 9.75. The number of aliphatic hydroxyl groups excluding tert-OH is 1. The molecule has 5 rings (SSSR count). The summed E-state index contributed by atoms with van der Waals surface area (Å²) in [6, 6.07) is 0. The van der Waals surface area contributed by atoms with Gasteiger partial charge in [0.1, 0.15) is 5.60 Å². The number of hydrogen-bond acceptors (Lipinski definition) is 3. The number of rotatable bonds is 1. The van der Waals surface area contributed by atoms with Gasteiger partial charge in [0.25, 0.3) is 0 Å². The minimum atomic E-state index is -0.511. The van der Waals surface area contributed by atoms with Crippen LogP contribution in [0.1, 0.15) is 72.6 Å². The molecule has 0 aromatic carbocycles. The Morgan fingerprint density at radius 1 is 1.20 bits per heavy atom. The molecule has 0 spiro atoms. The first-order valence-corrected chi connectivity index (χ1v) is 10.3. The number of ketones is 1. The highest BCUT2D eigenvalue weighted by Gasteiger charge is 2.85. The van der Waals surface area contributed by atoms with Crippen LogP contribution in [-0.2, 0) is 9.53 Å². The maximum atomic E-state index is 12.6. The van der Waals surface area contributed by atoms with Crippen molar-refractivity contribution in [3.63, 3.8) is 0 Å². The average Bonchev–Trinajstić information content (AvgIpc) is 3.13. The third-order valence-electron chi connectivity index (χ3n) is 9.46. The zero-order valence-corrected chi connectivity index (χ0v) is 16.1. The fourth-order valence-electron chi connectivity index (χ4n) is 8.26.